The van der Waals surface area contributed by atoms with Gasteiger partial charge in [0.15, 0.2) is 0 Å². The third-order valence-electron chi connectivity index (χ3n) is 8.78. The molecule has 0 aliphatic carbocycles. The van der Waals surface area contributed by atoms with Crippen LogP contribution in [-0.2, 0) is 6.61 Å². The molecule has 242 valence electrons. The Balaban J connectivity index is 0.000000246. The number of nitrogens with two attached hydrogens (primary N) is 1. The second-order valence-corrected chi connectivity index (χ2v) is 11.9. The number of carboxylic acid groups (broad SMARTS) is 1. The van der Waals surface area contributed by atoms with Crippen molar-refractivity contribution in [1.82, 2.24) is 14.8 Å². The van der Waals surface area contributed by atoms with Crippen molar-refractivity contribution in [2.45, 2.75) is 71.2 Å². The Hall–Kier alpha value is -2.79. The molecule has 9 nitrogen and oxygen atoms in total. The third-order valence-corrected chi connectivity index (χ3v) is 8.78. The average Bonchev–Trinajstić information content (AvgIpc) is 3.59. The van der Waals surface area contributed by atoms with Crippen LogP contribution >= 0.6 is 24.8 Å². The molecule has 4 aromatic rings. The van der Waals surface area contributed by atoms with Crippen molar-refractivity contribution < 1.29 is 24.2 Å². The van der Waals surface area contributed by atoms with E-state index in [0.29, 0.717) is 24.4 Å². The highest BCUT2D eigenvalue weighted by atomic mass is 35.5. The fourth-order valence-electron chi connectivity index (χ4n) is 5.92. The second kappa shape index (κ2) is 16.0. The molecule has 2 aliphatic heterocycles. The van der Waals surface area contributed by atoms with E-state index in [2.05, 4.69) is 41.6 Å². The average molecular weight is 650 g/mol. The van der Waals surface area contributed by atoms with Gasteiger partial charge in [0, 0.05) is 53.6 Å². The molecule has 0 bridgehead atoms. The Bertz CT molecular complexity index is 1510. The van der Waals surface area contributed by atoms with Gasteiger partial charge in [-0.15, -0.1) is 24.8 Å². The number of rotatable bonds is 7. The van der Waals surface area contributed by atoms with Crippen molar-refractivity contribution in [3.63, 3.8) is 0 Å². The summed E-state index contributed by atoms with van der Waals surface area (Å²) in [5, 5.41) is 20.4. The van der Waals surface area contributed by atoms with Crippen LogP contribution < -0.4 is 10.5 Å². The van der Waals surface area contributed by atoms with E-state index >= 15 is 0 Å². The number of aliphatic hydroxyl groups is 1. The highest BCUT2D eigenvalue weighted by molar-refractivity contribution is 5.96. The number of hydrogen-bond donors (Lipinski definition) is 4. The van der Waals surface area contributed by atoms with Crippen molar-refractivity contribution in [3.05, 3.63) is 65.0 Å². The largest absolute Gasteiger partial charge is 0.488 e. The quantitative estimate of drug-likeness (QED) is 0.195. The monoisotopic (exact) mass is 648 g/mol. The molecule has 2 aromatic heterocycles. The molecule has 2 aromatic carbocycles. The van der Waals surface area contributed by atoms with E-state index in [1.165, 1.54) is 11.1 Å². The number of halogens is 2. The summed E-state index contributed by atoms with van der Waals surface area (Å²) < 4.78 is 11.6. The summed E-state index contributed by atoms with van der Waals surface area (Å²) in [6.45, 7) is 12.4. The van der Waals surface area contributed by atoms with Gasteiger partial charge in [0.2, 0.25) is 0 Å². The first-order valence-corrected chi connectivity index (χ1v) is 15.0. The highest BCUT2D eigenvalue weighted by Gasteiger charge is 2.24. The first-order chi connectivity index (χ1) is 20.2. The minimum absolute atomic E-state index is 0. The Labute approximate surface area is 271 Å². The number of aromatic carboxylic acids is 1. The van der Waals surface area contributed by atoms with Crippen LogP contribution in [0.5, 0.6) is 5.75 Å². The molecule has 2 saturated heterocycles. The maximum absolute atomic E-state index is 11.1. The van der Waals surface area contributed by atoms with Crippen LogP contribution in [-0.4, -0.2) is 81.9 Å². The first-order valence-electron chi connectivity index (χ1n) is 15.0. The Morgan fingerprint density at radius 3 is 2.41 bits per heavy atom. The van der Waals surface area contributed by atoms with Crippen molar-refractivity contribution in [1.29, 1.82) is 0 Å². The summed E-state index contributed by atoms with van der Waals surface area (Å²) in [7, 11) is 0. The number of ether oxygens (including phenoxy) is 1. The van der Waals surface area contributed by atoms with Crippen molar-refractivity contribution in [2.24, 2.45) is 5.73 Å². The molecule has 0 amide bonds. The number of aliphatic hydroxyl groups excluding tert-OH is 1. The number of piperidine rings is 2. The molecule has 5 N–H and O–H groups in total. The van der Waals surface area contributed by atoms with Crippen LogP contribution in [0.3, 0.4) is 0 Å². The van der Waals surface area contributed by atoms with Gasteiger partial charge >= 0.3 is 5.97 Å². The number of likely N-dealkylation sites (tertiary alicyclic amines) is 2. The summed E-state index contributed by atoms with van der Waals surface area (Å²) in [5.74, 6) is -0.353. The molecule has 0 radical (unpaired) electrons. The summed E-state index contributed by atoms with van der Waals surface area (Å²) >= 11 is 0. The van der Waals surface area contributed by atoms with E-state index in [1.807, 2.05) is 24.3 Å². The summed E-state index contributed by atoms with van der Waals surface area (Å²) in [6.07, 6.45) is 5.82. The lowest BCUT2D eigenvalue weighted by molar-refractivity contribution is 0.0507. The predicted molar refractivity (Wildman–Crippen MR) is 180 cm³/mol. The van der Waals surface area contributed by atoms with Crippen LogP contribution in [0.25, 0.3) is 21.9 Å². The molecule has 6 rings (SSSR count). The zero-order chi connectivity index (χ0) is 29.8. The van der Waals surface area contributed by atoms with E-state index < -0.39 is 5.97 Å². The number of H-pyrrole nitrogens is 1. The molecule has 4 heterocycles. The number of furan rings is 1. The summed E-state index contributed by atoms with van der Waals surface area (Å²) in [5.41, 5.74) is 11.0. The van der Waals surface area contributed by atoms with Crippen LogP contribution in [0, 0.1) is 13.8 Å². The highest BCUT2D eigenvalue weighted by Crippen LogP contribution is 2.30. The minimum atomic E-state index is -0.992. The van der Waals surface area contributed by atoms with E-state index in [1.54, 1.807) is 12.3 Å². The maximum atomic E-state index is 11.1. The van der Waals surface area contributed by atoms with Crippen LogP contribution in [0.4, 0.5) is 0 Å². The smallest absolute Gasteiger partial charge is 0.352 e. The van der Waals surface area contributed by atoms with E-state index in [0.717, 1.165) is 85.8 Å². The second-order valence-electron chi connectivity index (χ2n) is 11.9. The van der Waals surface area contributed by atoms with Crippen LogP contribution in [0.2, 0.25) is 0 Å². The number of nitrogens with one attached hydrogen (secondary N) is 1. The first kappa shape index (κ1) is 35.7. The number of aromatic nitrogens is 1. The van der Waals surface area contributed by atoms with Gasteiger partial charge < -0.3 is 35.0 Å². The van der Waals surface area contributed by atoms with Gasteiger partial charge in [0.25, 0.3) is 0 Å². The van der Waals surface area contributed by atoms with Gasteiger partial charge in [0.05, 0.1) is 12.4 Å². The lowest BCUT2D eigenvalue weighted by Gasteiger charge is -2.38. The van der Waals surface area contributed by atoms with E-state index in [-0.39, 0.29) is 36.6 Å². The Morgan fingerprint density at radius 2 is 1.73 bits per heavy atom. The molecule has 0 unspecified atom stereocenters. The van der Waals surface area contributed by atoms with Crippen LogP contribution in [0.1, 0.15) is 59.8 Å². The molecule has 1 atom stereocenters. The number of fused-ring (bicyclic) bond motifs is 2. The Morgan fingerprint density at radius 1 is 1.05 bits per heavy atom. The van der Waals surface area contributed by atoms with Gasteiger partial charge in [-0.3, -0.25) is 4.90 Å². The summed E-state index contributed by atoms with van der Waals surface area (Å²) in [4.78, 5) is 19.1. The summed E-state index contributed by atoms with van der Waals surface area (Å²) in [6, 6.07) is 12.2. The Kier molecular flexibility index (Phi) is 13.0. The molecule has 11 heteroatoms. The van der Waals surface area contributed by atoms with E-state index in [4.69, 9.17) is 20.0 Å². The SMILES string of the molecule is C[C@@H](CN1CCC(N)CC1)N1CCC(O)CC1.Cc1cc2occ(COc3cccc4[nH]c(C(=O)O)cc34)c2cc1C.Cl.Cl. The lowest BCUT2D eigenvalue weighted by Crippen LogP contribution is -2.49. The molecule has 2 aliphatic rings. The van der Waals surface area contributed by atoms with E-state index in [9.17, 15) is 9.90 Å². The lowest BCUT2D eigenvalue weighted by atomic mass is 10.0. The van der Waals surface area contributed by atoms with Gasteiger partial charge in [-0.05, 0) is 101 Å². The molecule has 44 heavy (non-hydrogen) atoms. The fraction of sp³-hybridized carbons (Fsp3) is 0.485. The molecule has 0 saturated carbocycles. The van der Waals surface area contributed by atoms with Gasteiger partial charge in [-0.25, -0.2) is 4.79 Å². The predicted octanol–water partition coefficient (Wildman–Crippen LogP) is 5.91. The standard InChI is InChI=1S/C20H17NO4.C13H27N3O.2ClH/c1-11-6-14-13(10-25-19(14)7-12(11)2)9-24-18-5-3-4-16-15(18)8-17(21-16)20(22)23;1-11(16-8-4-13(17)5-9-16)10-15-6-2-12(14)3-7-15;;/h3-8,10,21H,9H2,1-2H3,(H,22,23);11-13,17H,2-10,14H2,1H3;2*1H/t;11-;;/m.0../s1. The van der Waals surface area contributed by atoms with Gasteiger partial charge in [-0.1, -0.05) is 6.07 Å². The molecule has 0 spiro atoms. The number of aromatic amines is 1. The number of carbonyl (C=O) groups is 1. The number of hydrogen-bond acceptors (Lipinski definition) is 7. The number of carboxylic acids is 1. The van der Waals surface area contributed by atoms with Crippen molar-refractivity contribution in [2.75, 3.05) is 32.7 Å². The van der Waals surface area contributed by atoms with Crippen molar-refractivity contribution in [3.8, 4) is 5.75 Å². The fourth-order valence-corrected chi connectivity index (χ4v) is 5.92. The topological polar surface area (TPSA) is 128 Å². The maximum Gasteiger partial charge on any atom is 0.352 e. The number of aryl methyl sites for hydroxylation is 2. The normalized spacial score (nSPS) is 17.4. The van der Waals surface area contributed by atoms with Crippen molar-refractivity contribution >= 4 is 52.7 Å². The number of nitrogens with zero attached hydrogens (tertiary/aromatic N) is 2. The van der Waals surface area contributed by atoms with Gasteiger partial charge in [-0.2, -0.15) is 0 Å². The molecule has 2 fully saturated rings. The third kappa shape index (κ3) is 8.68. The van der Waals surface area contributed by atoms with Crippen LogP contribution in [0.15, 0.2) is 47.1 Å². The minimum Gasteiger partial charge on any atom is -0.488 e. The van der Waals surface area contributed by atoms with Gasteiger partial charge in [0.1, 0.15) is 23.6 Å². The zero-order valence-electron chi connectivity index (χ0n) is 25.8. The zero-order valence-corrected chi connectivity index (χ0v) is 27.4. The number of benzene rings is 2. The molecular weight excluding hydrogens is 603 g/mol. The molecular formula is C33H46Cl2N4O5.